The Bertz CT molecular complexity index is 1060. The van der Waals surface area contributed by atoms with Gasteiger partial charge in [0.2, 0.25) is 5.88 Å². The maximum atomic E-state index is 14.1. The second-order valence-corrected chi connectivity index (χ2v) is 6.26. The Labute approximate surface area is 172 Å². The zero-order chi connectivity index (χ0) is 21.8. The number of fused-ring (bicyclic) bond motifs is 1. The molecule has 1 amide bonds. The van der Waals surface area contributed by atoms with Gasteiger partial charge in [0.15, 0.2) is 17.7 Å². The van der Waals surface area contributed by atoms with E-state index in [9.17, 15) is 22.4 Å². The van der Waals surface area contributed by atoms with Crippen LogP contribution in [-0.2, 0) is 0 Å². The van der Waals surface area contributed by atoms with Crippen LogP contribution in [0.2, 0.25) is 5.02 Å². The van der Waals surface area contributed by atoms with Crippen LogP contribution in [0.1, 0.15) is 0 Å². The molecular weight excluding hydrogens is 432 g/mol. The highest BCUT2D eigenvalue weighted by Gasteiger charge is 2.25. The molecule has 1 atom stereocenters. The number of primary amides is 1. The van der Waals surface area contributed by atoms with Crippen molar-refractivity contribution >= 4 is 28.5 Å². The Balaban J connectivity index is 2.17. The van der Waals surface area contributed by atoms with E-state index in [1.54, 1.807) is 0 Å². The summed E-state index contributed by atoms with van der Waals surface area (Å²) in [5.41, 5.74) is 4.98. The molecule has 11 heteroatoms. The van der Waals surface area contributed by atoms with Crippen molar-refractivity contribution in [2.75, 3.05) is 6.67 Å². The number of amides is 1. The molecular formula is C19H13ClF4N2O4. The number of carbonyl (C=O) groups excluding carboxylic acids is 1. The molecule has 0 spiro atoms. The van der Waals surface area contributed by atoms with Crippen LogP contribution in [0.4, 0.5) is 22.4 Å². The number of halogens is 5. The third-order valence-corrected chi connectivity index (χ3v) is 4.11. The summed E-state index contributed by atoms with van der Waals surface area (Å²) in [5.74, 6) is -1.92. The molecule has 2 N–H and O–H groups in total. The molecule has 3 aromatic rings. The highest BCUT2D eigenvalue weighted by Crippen LogP contribution is 2.40. The van der Waals surface area contributed by atoms with Crippen molar-refractivity contribution in [2.45, 2.75) is 12.5 Å². The number of pyridine rings is 1. The molecule has 1 aromatic heterocycles. The molecule has 0 bridgehead atoms. The first-order chi connectivity index (χ1) is 14.3. The average Bonchev–Trinajstić information content (AvgIpc) is 2.68. The van der Waals surface area contributed by atoms with Gasteiger partial charge < -0.3 is 19.9 Å². The van der Waals surface area contributed by atoms with Crippen molar-refractivity contribution in [3.63, 3.8) is 0 Å². The lowest BCUT2D eigenvalue weighted by molar-refractivity contribution is -0.000507. The predicted octanol–water partition coefficient (Wildman–Crippen LogP) is 5.26. The first kappa shape index (κ1) is 21.4. The largest absolute Gasteiger partial charge is 0.481 e. The number of carbonyl (C=O) groups is 1. The van der Waals surface area contributed by atoms with Crippen LogP contribution in [0.15, 0.2) is 42.6 Å². The van der Waals surface area contributed by atoms with Crippen LogP contribution >= 0.6 is 11.6 Å². The number of aromatic nitrogens is 1. The van der Waals surface area contributed by atoms with E-state index >= 15 is 0 Å². The predicted molar refractivity (Wildman–Crippen MR) is 99.8 cm³/mol. The van der Waals surface area contributed by atoms with Gasteiger partial charge in [-0.25, -0.2) is 27.3 Å². The number of benzene rings is 2. The monoisotopic (exact) mass is 444 g/mol. The first-order valence-electron chi connectivity index (χ1n) is 8.32. The molecule has 0 aliphatic rings. The Hall–Kier alpha value is -3.27. The van der Waals surface area contributed by atoms with Crippen LogP contribution in [-0.4, -0.2) is 30.3 Å². The highest BCUT2D eigenvalue weighted by atomic mass is 35.5. The Morgan fingerprint density at radius 2 is 2.00 bits per heavy atom. The average molecular weight is 445 g/mol. The van der Waals surface area contributed by atoms with Gasteiger partial charge >= 0.3 is 6.09 Å². The fraction of sp³-hybridized carbons (Fsp3) is 0.158. The van der Waals surface area contributed by atoms with Crippen molar-refractivity contribution in [1.82, 2.24) is 4.98 Å². The van der Waals surface area contributed by atoms with Gasteiger partial charge in [-0.3, -0.25) is 0 Å². The number of hydrogen-bond acceptors (Lipinski definition) is 5. The standard InChI is InChI=1S/C19H13ClF4N2O4/c20-11-2-1-3-12(22)16(11)30-18-15-9(4-5-26-18)6-10(28-19(25)27)7-13(15)29-14(8-21)17(23)24/h1-7,14,17H,8H2,(H2,25,27). The Kier molecular flexibility index (Phi) is 6.46. The molecule has 3 rings (SSSR count). The minimum Gasteiger partial charge on any atom is -0.481 e. The van der Waals surface area contributed by atoms with Crippen LogP contribution in [0.3, 0.4) is 0 Å². The number of nitrogens with two attached hydrogens (primary N) is 1. The molecule has 0 aliphatic heterocycles. The van der Waals surface area contributed by atoms with E-state index in [0.29, 0.717) is 0 Å². The molecule has 0 fully saturated rings. The third-order valence-electron chi connectivity index (χ3n) is 3.81. The van der Waals surface area contributed by atoms with E-state index in [0.717, 1.165) is 12.1 Å². The van der Waals surface area contributed by atoms with Gasteiger partial charge in [0.05, 0.1) is 10.4 Å². The lowest BCUT2D eigenvalue weighted by Gasteiger charge is -2.19. The first-order valence-corrected chi connectivity index (χ1v) is 8.70. The maximum absolute atomic E-state index is 14.1. The third kappa shape index (κ3) is 4.65. The van der Waals surface area contributed by atoms with Gasteiger partial charge in [-0.2, -0.15) is 0 Å². The van der Waals surface area contributed by atoms with E-state index in [2.05, 4.69) is 4.98 Å². The van der Waals surface area contributed by atoms with Gasteiger partial charge in [-0.1, -0.05) is 17.7 Å². The van der Waals surface area contributed by atoms with Gasteiger partial charge in [0.25, 0.3) is 6.43 Å². The van der Waals surface area contributed by atoms with E-state index < -0.39 is 31.1 Å². The second-order valence-electron chi connectivity index (χ2n) is 5.85. The fourth-order valence-electron chi connectivity index (χ4n) is 2.56. The SMILES string of the molecule is NC(=O)Oc1cc(OC(CF)C(F)F)c2c(Oc3c(F)cccc3Cl)nccc2c1. The number of rotatable bonds is 7. The zero-order valence-electron chi connectivity index (χ0n) is 15.0. The summed E-state index contributed by atoms with van der Waals surface area (Å²) >= 11 is 5.96. The summed E-state index contributed by atoms with van der Waals surface area (Å²) in [6.45, 7) is -1.50. The van der Waals surface area contributed by atoms with Crippen molar-refractivity contribution < 1.29 is 36.6 Å². The molecule has 158 valence electrons. The fourth-order valence-corrected chi connectivity index (χ4v) is 2.76. The van der Waals surface area contributed by atoms with Crippen molar-refractivity contribution in [3.05, 3.63) is 53.4 Å². The molecule has 0 saturated carbocycles. The molecule has 1 unspecified atom stereocenters. The number of hydrogen-bond donors (Lipinski definition) is 1. The summed E-state index contributed by atoms with van der Waals surface area (Å²) in [4.78, 5) is 15.0. The molecule has 6 nitrogen and oxygen atoms in total. The topological polar surface area (TPSA) is 83.7 Å². The lowest BCUT2D eigenvalue weighted by atomic mass is 10.1. The summed E-state index contributed by atoms with van der Waals surface area (Å²) in [6, 6.07) is 7.60. The van der Waals surface area contributed by atoms with E-state index in [-0.39, 0.29) is 38.9 Å². The zero-order valence-corrected chi connectivity index (χ0v) is 15.7. The van der Waals surface area contributed by atoms with Crippen molar-refractivity contribution in [3.8, 4) is 23.1 Å². The highest BCUT2D eigenvalue weighted by molar-refractivity contribution is 6.32. The molecule has 2 aromatic carbocycles. The van der Waals surface area contributed by atoms with Crippen LogP contribution in [0, 0.1) is 5.82 Å². The normalized spacial score (nSPS) is 12.1. The van der Waals surface area contributed by atoms with Crippen LogP contribution in [0.5, 0.6) is 23.1 Å². The van der Waals surface area contributed by atoms with Crippen LogP contribution in [0.25, 0.3) is 10.8 Å². The quantitative estimate of drug-likeness (QED) is 0.503. The number of alkyl halides is 3. The molecule has 0 radical (unpaired) electrons. The Morgan fingerprint density at radius 1 is 1.23 bits per heavy atom. The summed E-state index contributed by atoms with van der Waals surface area (Å²) in [7, 11) is 0. The minimum absolute atomic E-state index is 0.00672. The minimum atomic E-state index is -3.16. The van der Waals surface area contributed by atoms with Gasteiger partial charge in [-0.05, 0) is 29.7 Å². The number of nitrogens with zero attached hydrogens (tertiary/aromatic N) is 1. The van der Waals surface area contributed by atoms with E-state index in [4.69, 9.17) is 31.5 Å². The molecule has 0 aliphatic carbocycles. The number of ether oxygens (including phenoxy) is 3. The lowest BCUT2D eigenvalue weighted by Crippen LogP contribution is -2.27. The summed E-state index contributed by atoms with van der Waals surface area (Å²) in [5, 5.41) is 0.167. The number of para-hydroxylation sites is 1. The Morgan fingerprint density at radius 3 is 2.63 bits per heavy atom. The molecule has 0 saturated heterocycles. The van der Waals surface area contributed by atoms with Crippen molar-refractivity contribution in [2.24, 2.45) is 5.73 Å². The second kappa shape index (κ2) is 9.04. The van der Waals surface area contributed by atoms with Gasteiger partial charge in [-0.15, -0.1) is 0 Å². The van der Waals surface area contributed by atoms with Crippen molar-refractivity contribution in [1.29, 1.82) is 0 Å². The summed E-state index contributed by atoms with van der Waals surface area (Å²) in [6.07, 6.45) is -5.18. The molecule has 30 heavy (non-hydrogen) atoms. The van der Waals surface area contributed by atoms with E-state index in [1.807, 2.05) is 0 Å². The van der Waals surface area contributed by atoms with Gasteiger partial charge in [0.1, 0.15) is 18.2 Å². The van der Waals surface area contributed by atoms with Crippen LogP contribution < -0.4 is 19.9 Å². The smallest absolute Gasteiger partial charge is 0.409 e. The van der Waals surface area contributed by atoms with Gasteiger partial charge in [0, 0.05) is 12.3 Å². The molecule has 1 heterocycles. The summed E-state index contributed by atoms with van der Waals surface area (Å²) < 4.78 is 68.6. The van der Waals surface area contributed by atoms with E-state index in [1.165, 1.54) is 30.5 Å². The maximum Gasteiger partial charge on any atom is 0.409 e.